The van der Waals surface area contributed by atoms with E-state index in [-0.39, 0.29) is 0 Å². The van der Waals surface area contributed by atoms with Crippen molar-refractivity contribution in [2.24, 2.45) is 0 Å². The number of nitrogens with zero attached hydrogens (tertiary/aromatic N) is 1. The molecule has 2 aromatic rings. The van der Waals surface area contributed by atoms with Crippen molar-refractivity contribution in [1.29, 1.82) is 0 Å². The van der Waals surface area contributed by atoms with Crippen LogP contribution in [0.1, 0.15) is 24.0 Å². The van der Waals surface area contributed by atoms with Crippen LogP contribution in [0.25, 0.3) is 11.3 Å². The molecule has 0 bridgehead atoms. The van der Waals surface area contributed by atoms with Crippen molar-refractivity contribution < 1.29 is 4.74 Å². The Morgan fingerprint density at radius 2 is 2.05 bits per heavy atom. The van der Waals surface area contributed by atoms with Gasteiger partial charge in [0, 0.05) is 17.7 Å². The number of rotatable bonds is 4. The number of benzene rings is 1. The van der Waals surface area contributed by atoms with E-state index in [9.17, 15) is 0 Å². The predicted octanol–water partition coefficient (Wildman–Crippen LogP) is 3.28. The molecule has 19 heavy (non-hydrogen) atoms. The van der Waals surface area contributed by atoms with Gasteiger partial charge in [0.1, 0.15) is 11.6 Å². The zero-order valence-electron chi connectivity index (χ0n) is 11.6. The van der Waals surface area contributed by atoms with E-state index < -0.39 is 0 Å². The molecule has 0 atom stereocenters. The van der Waals surface area contributed by atoms with Crippen molar-refractivity contribution in [3.63, 3.8) is 0 Å². The largest absolute Gasteiger partial charge is 0.496 e. The first-order valence-corrected chi connectivity index (χ1v) is 6.65. The number of hydrogen-bond donors (Lipinski definition) is 2. The lowest BCUT2D eigenvalue weighted by atomic mass is 10.0. The van der Waals surface area contributed by atoms with Gasteiger partial charge in [0.25, 0.3) is 0 Å². The molecule has 0 amide bonds. The summed E-state index contributed by atoms with van der Waals surface area (Å²) >= 11 is 0. The van der Waals surface area contributed by atoms with Crippen LogP contribution in [-0.2, 0) is 0 Å². The van der Waals surface area contributed by atoms with Gasteiger partial charge in [0.15, 0.2) is 0 Å². The van der Waals surface area contributed by atoms with Crippen molar-refractivity contribution >= 4 is 5.82 Å². The molecule has 1 heterocycles. The van der Waals surface area contributed by atoms with E-state index in [0.29, 0.717) is 6.04 Å². The summed E-state index contributed by atoms with van der Waals surface area (Å²) in [6.07, 6.45) is 2.49. The van der Waals surface area contributed by atoms with Crippen LogP contribution in [0.2, 0.25) is 0 Å². The molecule has 1 fully saturated rings. The van der Waals surface area contributed by atoms with Crippen LogP contribution in [-0.4, -0.2) is 23.3 Å². The fraction of sp³-hybridized carbons (Fsp3) is 0.400. The summed E-state index contributed by atoms with van der Waals surface area (Å²) in [5, 5.41) is 10.8. The summed E-state index contributed by atoms with van der Waals surface area (Å²) < 4.78 is 5.50. The van der Waals surface area contributed by atoms with Crippen LogP contribution < -0.4 is 10.1 Å². The lowest BCUT2D eigenvalue weighted by molar-refractivity contribution is 0.415. The highest BCUT2D eigenvalue weighted by molar-refractivity contribution is 5.73. The Morgan fingerprint density at radius 1 is 1.26 bits per heavy atom. The lowest BCUT2D eigenvalue weighted by Gasteiger charge is -2.11. The Hall–Kier alpha value is -1.97. The minimum absolute atomic E-state index is 0.608. The van der Waals surface area contributed by atoms with Gasteiger partial charge in [-0.25, -0.2) is 0 Å². The summed E-state index contributed by atoms with van der Waals surface area (Å²) in [4.78, 5) is 0. The molecule has 0 radical (unpaired) electrons. The normalized spacial score (nSPS) is 14.5. The van der Waals surface area contributed by atoms with Gasteiger partial charge in [-0.2, -0.15) is 5.10 Å². The van der Waals surface area contributed by atoms with E-state index in [2.05, 4.69) is 47.6 Å². The molecule has 1 aliphatic rings. The second-order valence-corrected chi connectivity index (χ2v) is 5.24. The van der Waals surface area contributed by atoms with E-state index in [1.807, 2.05) is 0 Å². The van der Waals surface area contributed by atoms with Gasteiger partial charge in [-0.15, -0.1) is 0 Å². The van der Waals surface area contributed by atoms with Gasteiger partial charge >= 0.3 is 0 Å². The zero-order chi connectivity index (χ0) is 13.4. The number of aromatic nitrogens is 2. The molecule has 2 N–H and O–H groups in total. The summed E-state index contributed by atoms with van der Waals surface area (Å²) in [5.74, 6) is 1.80. The number of nitrogens with one attached hydrogen (secondary N) is 2. The van der Waals surface area contributed by atoms with Crippen LogP contribution in [0.15, 0.2) is 18.2 Å². The van der Waals surface area contributed by atoms with E-state index in [1.165, 1.54) is 24.0 Å². The molecular formula is C15H19N3O. The maximum absolute atomic E-state index is 5.50. The first kappa shape index (κ1) is 12.1. The van der Waals surface area contributed by atoms with Crippen LogP contribution in [0.3, 0.4) is 0 Å². The number of hydrogen-bond acceptors (Lipinski definition) is 3. The molecule has 4 heteroatoms. The lowest BCUT2D eigenvalue weighted by Crippen LogP contribution is -2.00. The van der Waals surface area contributed by atoms with Crippen molar-refractivity contribution in [2.75, 3.05) is 12.4 Å². The number of H-pyrrole nitrogens is 1. The summed E-state index contributed by atoms with van der Waals surface area (Å²) in [6, 6.07) is 6.87. The molecule has 1 aromatic carbocycles. The summed E-state index contributed by atoms with van der Waals surface area (Å²) in [6.45, 7) is 4.17. The van der Waals surface area contributed by atoms with Gasteiger partial charge in [0.05, 0.1) is 12.8 Å². The van der Waals surface area contributed by atoms with Crippen LogP contribution in [0.4, 0.5) is 5.82 Å². The smallest absolute Gasteiger partial charge is 0.148 e. The van der Waals surface area contributed by atoms with Crippen LogP contribution >= 0.6 is 0 Å². The highest BCUT2D eigenvalue weighted by Crippen LogP contribution is 2.34. The number of aromatic amines is 1. The molecule has 1 aliphatic carbocycles. The first-order chi connectivity index (χ1) is 9.17. The topological polar surface area (TPSA) is 49.9 Å². The SMILES string of the molecule is COc1cc(C)cc(C)c1-c1cc(NC2CC2)n[nH]1. The molecule has 0 aliphatic heterocycles. The van der Waals surface area contributed by atoms with Crippen molar-refractivity contribution in [2.45, 2.75) is 32.7 Å². The predicted molar refractivity (Wildman–Crippen MR) is 76.7 cm³/mol. The maximum Gasteiger partial charge on any atom is 0.148 e. The van der Waals surface area contributed by atoms with Crippen LogP contribution in [0, 0.1) is 13.8 Å². The number of methoxy groups -OCH3 is 1. The molecule has 3 rings (SSSR count). The Balaban J connectivity index is 1.98. The van der Waals surface area contributed by atoms with Gasteiger partial charge < -0.3 is 10.1 Å². The minimum Gasteiger partial charge on any atom is -0.496 e. The average Bonchev–Trinajstić information content (AvgIpc) is 3.06. The molecule has 0 saturated heterocycles. The summed E-state index contributed by atoms with van der Waals surface area (Å²) in [5.41, 5.74) is 4.48. The van der Waals surface area contributed by atoms with E-state index in [4.69, 9.17) is 4.74 Å². The average molecular weight is 257 g/mol. The second-order valence-electron chi connectivity index (χ2n) is 5.24. The maximum atomic E-state index is 5.50. The summed E-state index contributed by atoms with van der Waals surface area (Å²) in [7, 11) is 1.71. The molecule has 4 nitrogen and oxygen atoms in total. The van der Waals surface area contributed by atoms with Crippen molar-refractivity contribution in [3.8, 4) is 17.0 Å². The molecule has 0 spiro atoms. The van der Waals surface area contributed by atoms with Gasteiger partial charge in [0.2, 0.25) is 0 Å². The highest BCUT2D eigenvalue weighted by Gasteiger charge is 2.22. The Labute approximate surface area is 113 Å². The standard InChI is InChI=1S/C15H19N3O/c1-9-6-10(2)15(13(7-9)19-3)12-8-14(18-17-12)16-11-4-5-11/h6-8,11H,4-5H2,1-3H3,(H2,16,17,18). The monoisotopic (exact) mass is 257 g/mol. The number of ether oxygens (including phenoxy) is 1. The molecule has 1 aromatic heterocycles. The first-order valence-electron chi connectivity index (χ1n) is 6.65. The molecule has 100 valence electrons. The molecule has 1 saturated carbocycles. The number of aryl methyl sites for hydroxylation is 2. The van der Waals surface area contributed by atoms with E-state index >= 15 is 0 Å². The zero-order valence-corrected chi connectivity index (χ0v) is 11.6. The van der Waals surface area contributed by atoms with Gasteiger partial charge in [-0.1, -0.05) is 6.07 Å². The van der Waals surface area contributed by atoms with Crippen LogP contribution in [0.5, 0.6) is 5.75 Å². The fourth-order valence-corrected chi connectivity index (χ4v) is 2.40. The Bertz CT molecular complexity index is 599. The minimum atomic E-state index is 0.608. The highest BCUT2D eigenvalue weighted by atomic mass is 16.5. The van der Waals surface area contributed by atoms with E-state index in [1.54, 1.807) is 7.11 Å². The van der Waals surface area contributed by atoms with Crippen molar-refractivity contribution in [3.05, 3.63) is 29.3 Å². The number of anilines is 1. The third kappa shape index (κ3) is 2.43. The van der Waals surface area contributed by atoms with Gasteiger partial charge in [-0.3, -0.25) is 5.10 Å². The Kier molecular flexibility index (Phi) is 2.93. The van der Waals surface area contributed by atoms with Gasteiger partial charge in [-0.05, 0) is 43.9 Å². The third-order valence-corrected chi connectivity index (χ3v) is 3.44. The van der Waals surface area contributed by atoms with E-state index in [0.717, 1.165) is 22.8 Å². The fourth-order valence-electron chi connectivity index (χ4n) is 2.40. The molecular weight excluding hydrogens is 238 g/mol. The Morgan fingerprint density at radius 3 is 2.74 bits per heavy atom. The third-order valence-electron chi connectivity index (χ3n) is 3.44. The quantitative estimate of drug-likeness (QED) is 0.883. The molecule has 0 unspecified atom stereocenters. The van der Waals surface area contributed by atoms with Crippen molar-refractivity contribution in [1.82, 2.24) is 10.2 Å². The second kappa shape index (κ2) is 4.61.